The van der Waals surface area contributed by atoms with Gasteiger partial charge in [0.05, 0.1) is 25.1 Å². The fourth-order valence-electron chi connectivity index (χ4n) is 4.27. The maximum Gasteiger partial charge on any atom is 0.244 e. The second-order valence-corrected chi connectivity index (χ2v) is 8.52. The van der Waals surface area contributed by atoms with Gasteiger partial charge in [0.15, 0.2) is 0 Å². The molecule has 0 aliphatic heterocycles. The molecular weight excluding hydrogens is 424 g/mol. The smallest absolute Gasteiger partial charge is 0.244 e. The molecule has 174 valence electrons. The first-order chi connectivity index (χ1) is 16.4. The molecule has 0 radical (unpaired) electrons. The van der Waals surface area contributed by atoms with Crippen molar-refractivity contribution in [2.24, 2.45) is 0 Å². The minimum Gasteiger partial charge on any atom is -0.493 e. The van der Waals surface area contributed by atoms with Crippen molar-refractivity contribution in [3.63, 3.8) is 0 Å². The van der Waals surface area contributed by atoms with Crippen LogP contribution in [0.2, 0.25) is 0 Å². The Morgan fingerprint density at radius 3 is 2.65 bits per heavy atom. The molecule has 34 heavy (non-hydrogen) atoms. The van der Waals surface area contributed by atoms with E-state index in [2.05, 4.69) is 48.4 Å². The molecule has 4 rings (SSSR count). The minimum absolute atomic E-state index is 0.176. The number of carbonyl (C=O) groups excluding carboxylic acids is 1. The molecule has 0 fully saturated rings. The van der Waals surface area contributed by atoms with E-state index in [0.717, 1.165) is 50.2 Å². The molecule has 0 bridgehead atoms. The van der Waals surface area contributed by atoms with Crippen molar-refractivity contribution in [1.82, 2.24) is 10.3 Å². The highest BCUT2D eigenvalue weighted by molar-refractivity contribution is 6.02. The van der Waals surface area contributed by atoms with Crippen molar-refractivity contribution in [1.29, 1.82) is 0 Å². The molecule has 0 saturated carbocycles. The van der Waals surface area contributed by atoms with Gasteiger partial charge in [0.1, 0.15) is 11.3 Å². The number of pyridine rings is 1. The van der Waals surface area contributed by atoms with Crippen molar-refractivity contribution in [2.45, 2.75) is 41.2 Å². The van der Waals surface area contributed by atoms with Crippen LogP contribution in [0.5, 0.6) is 5.75 Å². The highest BCUT2D eigenvalue weighted by Gasteiger charge is 2.20. The summed E-state index contributed by atoms with van der Waals surface area (Å²) in [6.07, 6.45) is 5.14. The van der Waals surface area contributed by atoms with Gasteiger partial charge in [-0.25, -0.2) is 0 Å². The van der Waals surface area contributed by atoms with E-state index in [1.807, 2.05) is 45.2 Å². The third-order valence-electron chi connectivity index (χ3n) is 5.95. The van der Waals surface area contributed by atoms with Crippen molar-refractivity contribution >= 4 is 22.4 Å². The first-order valence-electron chi connectivity index (χ1n) is 11.5. The Hall–Kier alpha value is -3.86. The number of carbonyl (C=O) groups is 1. The molecule has 2 aromatic heterocycles. The van der Waals surface area contributed by atoms with E-state index >= 15 is 0 Å². The molecule has 5 heteroatoms. The zero-order valence-corrected chi connectivity index (χ0v) is 20.4. The predicted octanol–water partition coefficient (Wildman–Crippen LogP) is 6.54. The maximum absolute atomic E-state index is 12.7. The first kappa shape index (κ1) is 23.3. The molecule has 5 nitrogen and oxygen atoms in total. The number of amides is 1. The molecule has 2 aromatic carbocycles. The van der Waals surface area contributed by atoms with Crippen LogP contribution in [0, 0.1) is 20.8 Å². The molecule has 0 spiro atoms. The van der Waals surface area contributed by atoms with Crippen LogP contribution in [0.1, 0.15) is 41.8 Å². The fourth-order valence-corrected chi connectivity index (χ4v) is 4.27. The van der Waals surface area contributed by atoms with E-state index in [9.17, 15) is 4.79 Å². The van der Waals surface area contributed by atoms with E-state index in [0.29, 0.717) is 13.2 Å². The van der Waals surface area contributed by atoms with E-state index in [-0.39, 0.29) is 5.91 Å². The average Bonchev–Trinajstić information content (AvgIpc) is 3.24. The number of fused-ring (bicyclic) bond motifs is 1. The van der Waals surface area contributed by atoms with E-state index in [4.69, 9.17) is 9.15 Å². The molecule has 0 aliphatic carbocycles. The van der Waals surface area contributed by atoms with Crippen molar-refractivity contribution < 1.29 is 13.9 Å². The molecule has 1 amide bonds. The number of nitrogens with zero attached hydrogens (tertiary/aromatic N) is 1. The normalized spacial score (nSPS) is 11.6. The maximum atomic E-state index is 12.7. The Balaban J connectivity index is 1.74. The lowest BCUT2D eigenvalue weighted by Crippen LogP contribution is -2.21. The number of aromatic nitrogens is 1. The summed E-state index contributed by atoms with van der Waals surface area (Å²) in [5.41, 5.74) is 8.82. The third kappa shape index (κ3) is 4.74. The summed E-state index contributed by atoms with van der Waals surface area (Å²) in [6.45, 7) is 11.0. The lowest BCUT2D eigenvalue weighted by molar-refractivity contribution is -0.116. The Labute approximate surface area is 200 Å². The summed E-state index contributed by atoms with van der Waals surface area (Å²) < 4.78 is 12.0. The minimum atomic E-state index is -0.176. The number of furan rings is 1. The number of rotatable bonds is 7. The van der Waals surface area contributed by atoms with Crippen LogP contribution in [0.4, 0.5) is 0 Å². The Morgan fingerprint density at radius 2 is 1.94 bits per heavy atom. The number of benzene rings is 2. The number of aryl methyl sites for hydroxylation is 3. The summed E-state index contributed by atoms with van der Waals surface area (Å²) >= 11 is 0. The summed E-state index contributed by atoms with van der Waals surface area (Å²) in [5, 5.41) is 3.91. The van der Waals surface area contributed by atoms with Gasteiger partial charge in [-0.1, -0.05) is 29.8 Å². The van der Waals surface area contributed by atoms with E-state index < -0.39 is 0 Å². The first-order valence-corrected chi connectivity index (χ1v) is 11.5. The van der Waals surface area contributed by atoms with Crippen LogP contribution < -0.4 is 10.1 Å². The molecule has 0 unspecified atom stereocenters. The SMILES string of the molecule is CCOc1c(/C(C)=C/C(=O)NCc2ccccn2)cc2c(-c3ccc(C)cc3C)coc2c1C. The molecule has 0 saturated heterocycles. The average molecular weight is 455 g/mol. The van der Waals surface area contributed by atoms with Gasteiger partial charge in [0, 0.05) is 34.3 Å². The van der Waals surface area contributed by atoms with Gasteiger partial charge in [-0.2, -0.15) is 0 Å². The summed E-state index contributed by atoms with van der Waals surface area (Å²) in [7, 11) is 0. The lowest BCUT2D eigenvalue weighted by Gasteiger charge is -2.15. The second-order valence-electron chi connectivity index (χ2n) is 8.52. The molecular formula is C29H30N2O3. The number of hydrogen-bond donors (Lipinski definition) is 1. The highest BCUT2D eigenvalue weighted by Crippen LogP contribution is 2.41. The summed E-state index contributed by atoms with van der Waals surface area (Å²) in [4.78, 5) is 16.9. The standard InChI is InChI=1S/C29H30N2O3/c1-6-33-28-21(5)29-25(26(17-34-29)23-11-10-18(2)13-19(23)3)15-24(28)20(4)14-27(32)31-16-22-9-7-8-12-30-22/h7-15,17H,6,16H2,1-5H3,(H,31,32)/b20-14+. The Morgan fingerprint density at radius 1 is 1.12 bits per heavy atom. The lowest BCUT2D eigenvalue weighted by atomic mass is 9.94. The number of hydrogen-bond acceptors (Lipinski definition) is 4. The van der Waals surface area contributed by atoms with E-state index in [1.54, 1.807) is 12.3 Å². The van der Waals surface area contributed by atoms with Crippen molar-refractivity contribution in [3.8, 4) is 16.9 Å². The molecule has 4 aromatic rings. The predicted molar refractivity (Wildman–Crippen MR) is 137 cm³/mol. The van der Waals surface area contributed by atoms with Gasteiger partial charge in [-0.05, 0) is 69.5 Å². The molecule has 0 aliphatic rings. The summed E-state index contributed by atoms with van der Waals surface area (Å²) in [5.74, 6) is 0.563. The van der Waals surface area contributed by atoms with Gasteiger partial charge in [0.2, 0.25) is 5.91 Å². The molecule has 2 heterocycles. The van der Waals surface area contributed by atoms with Crippen LogP contribution in [-0.4, -0.2) is 17.5 Å². The Bertz CT molecular complexity index is 1370. The van der Waals surface area contributed by atoms with Gasteiger partial charge in [-0.15, -0.1) is 0 Å². The summed E-state index contributed by atoms with van der Waals surface area (Å²) in [6, 6.07) is 14.1. The number of nitrogens with one attached hydrogen (secondary N) is 1. The van der Waals surface area contributed by atoms with Gasteiger partial charge in [-0.3, -0.25) is 9.78 Å². The third-order valence-corrected chi connectivity index (χ3v) is 5.95. The Kier molecular flexibility index (Phi) is 6.82. The van der Waals surface area contributed by atoms with Crippen LogP contribution >= 0.6 is 0 Å². The van der Waals surface area contributed by atoms with Gasteiger partial charge in [0.25, 0.3) is 0 Å². The monoisotopic (exact) mass is 454 g/mol. The number of ether oxygens (including phenoxy) is 1. The highest BCUT2D eigenvalue weighted by atomic mass is 16.5. The topological polar surface area (TPSA) is 64.4 Å². The fraction of sp³-hybridized carbons (Fsp3) is 0.241. The molecule has 0 atom stereocenters. The molecule has 1 N–H and O–H groups in total. The largest absolute Gasteiger partial charge is 0.493 e. The van der Waals surface area contributed by atoms with Crippen LogP contribution in [0.3, 0.4) is 0 Å². The quantitative estimate of drug-likeness (QED) is 0.322. The second kappa shape index (κ2) is 9.96. The number of allylic oxidation sites excluding steroid dienone is 1. The van der Waals surface area contributed by atoms with Crippen molar-refractivity contribution in [2.75, 3.05) is 6.61 Å². The zero-order valence-electron chi connectivity index (χ0n) is 20.4. The van der Waals surface area contributed by atoms with Crippen LogP contribution in [0.15, 0.2) is 65.4 Å². The van der Waals surface area contributed by atoms with Crippen molar-refractivity contribution in [3.05, 3.63) is 88.9 Å². The van der Waals surface area contributed by atoms with Crippen LogP contribution in [0.25, 0.3) is 27.7 Å². The van der Waals surface area contributed by atoms with Gasteiger partial charge < -0.3 is 14.5 Å². The van der Waals surface area contributed by atoms with E-state index in [1.165, 1.54) is 11.1 Å². The van der Waals surface area contributed by atoms with Crippen LogP contribution in [-0.2, 0) is 11.3 Å². The zero-order chi connectivity index (χ0) is 24.2. The van der Waals surface area contributed by atoms with Gasteiger partial charge >= 0.3 is 0 Å².